The molecule has 3 atom stereocenters. The number of amides is 2. The number of aliphatic hydroxyl groups is 1. The minimum absolute atomic E-state index is 0.0830. The van der Waals surface area contributed by atoms with Crippen LogP contribution in [-0.4, -0.2) is 60.3 Å². The van der Waals surface area contributed by atoms with Crippen molar-refractivity contribution in [1.82, 2.24) is 35.4 Å². The average molecular weight is 387 g/mol. The van der Waals surface area contributed by atoms with Crippen LogP contribution in [0.2, 0.25) is 0 Å². The second-order valence-corrected chi connectivity index (χ2v) is 6.82. The summed E-state index contributed by atoms with van der Waals surface area (Å²) in [6.07, 6.45) is 7.22. The van der Waals surface area contributed by atoms with E-state index in [0.29, 0.717) is 32.2 Å². The first-order chi connectivity index (χ1) is 13.6. The van der Waals surface area contributed by atoms with Crippen molar-refractivity contribution in [2.45, 2.75) is 51.3 Å². The minimum Gasteiger partial charge on any atom is -0.391 e. The highest BCUT2D eigenvalue weighted by atomic mass is 16.3. The predicted molar refractivity (Wildman–Crippen MR) is 99.0 cm³/mol. The van der Waals surface area contributed by atoms with Crippen molar-refractivity contribution in [1.29, 1.82) is 0 Å². The number of hydrogen-bond acceptors (Lipinski definition) is 7. The predicted octanol–water partition coefficient (Wildman–Crippen LogP) is -0.294. The van der Waals surface area contributed by atoms with Crippen LogP contribution in [0.1, 0.15) is 42.5 Å². The van der Waals surface area contributed by atoms with Gasteiger partial charge in [-0.05, 0) is 26.2 Å². The van der Waals surface area contributed by atoms with Gasteiger partial charge >= 0.3 is 0 Å². The standard InChI is InChI=1S/C18H25N7O3/c1-2-25-11-22-24-16(25)5-6-21-17(27)12-3-4-13(15(26)9-12)23-18(28)14-10-19-7-8-20-14/h7-8,10-13,15,26H,2-6,9H2,1H3,(H,21,27)(H,23,28)/t12-,13-,15-/m0/s1. The van der Waals surface area contributed by atoms with Gasteiger partial charge in [-0.2, -0.15) is 0 Å². The number of carbonyl (C=O) groups excluding carboxylic acids is 2. The molecule has 2 aromatic heterocycles. The molecule has 1 aliphatic carbocycles. The third-order valence-electron chi connectivity index (χ3n) is 4.98. The number of nitrogens with zero attached hydrogens (tertiary/aromatic N) is 5. The zero-order valence-corrected chi connectivity index (χ0v) is 15.8. The average Bonchev–Trinajstić information content (AvgIpc) is 3.17. The van der Waals surface area contributed by atoms with Gasteiger partial charge in [-0.3, -0.25) is 14.6 Å². The van der Waals surface area contributed by atoms with Crippen LogP contribution in [0.15, 0.2) is 24.9 Å². The summed E-state index contributed by atoms with van der Waals surface area (Å²) in [6.45, 7) is 3.26. The largest absolute Gasteiger partial charge is 0.391 e. The van der Waals surface area contributed by atoms with Gasteiger partial charge < -0.3 is 20.3 Å². The van der Waals surface area contributed by atoms with Gasteiger partial charge in [0.25, 0.3) is 5.91 Å². The Bertz CT molecular complexity index is 795. The molecule has 2 amide bonds. The number of hydrogen-bond donors (Lipinski definition) is 3. The first-order valence-corrected chi connectivity index (χ1v) is 9.47. The van der Waals surface area contributed by atoms with E-state index in [2.05, 4.69) is 30.8 Å². The Labute approximate surface area is 162 Å². The van der Waals surface area contributed by atoms with Gasteiger partial charge in [0.1, 0.15) is 17.8 Å². The Morgan fingerprint density at radius 1 is 1.32 bits per heavy atom. The van der Waals surface area contributed by atoms with E-state index in [-0.39, 0.29) is 23.4 Å². The molecule has 150 valence electrons. The van der Waals surface area contributed by atoms with Crippen LogP contribution in [0.4, 0.5) is 0 Å². The first kappa shape index (κ1) is 19.9. The molecular formula is C18H25N7O3. The van der Waals surface area contributed by atoms with Crippen molar-refractivity contribution >= 4 is 11.8 Å². The third kappa shape index (κ3) is 4.89. The summed E-state index contributed by atoms with van der Waals surface area (Å²) in [5.74, 6) is 0.0994. The molecule has 0 saturated heterocycles. The number of carbonyl (C=O) groups is 2. The number of nitrogens with one attached hydrogen (secondary N) is 2. The molecule has 1 aliphatic rings. The highest BCUT2D eigenvalue weighted by Crippen LogP contribution is 2.25. The fourth-order valence-electron chi connectivity index (χ4n) is 3.39. The molecule has 0 bridgehead atoms. The van der Waals surface area contributed by atoms with Crippen molar-refractivity contribution < 1.29 is 14.7 Å². The fourth-order valence-corrected chi connectivity index (χ4v) is 3.39. The maximum atomic E-state index is 12.4. The zero-order chi connectivity index (χ0) is 19.9. The summed E-state index contributed by atoms with van der Waals surface area (Å²) >= 11 is 0. The van der Waals surface area contributed by atoms with E-state index in [1.54, 1.807) is 6.33 Å². The molecule has 0 aliphatic heterocycles. The summed E-state index contributed by atoms with van der Waals surface area (Å²) in [7, 11) is 0. The van der Waals surface area contributed by atoms with Crippen LogP contribution in [0, 0.1) is 5.92 Å². The van der Waals surface area contributed by atoms with Gasteiger partial charge in [0.05, 0.1) is 18.3 Å². The number of aliphatic hydroxyl groups excluding tert-OH is 1. The summed E-state index contributed by atoms with van der Waals surface area (Å²) in [6, 6.07) is -0.401. The second-order valence-electron chi connectivity index (χ2n) is 6.82. The highest BCUT2D eigenvalue weighted by Gasteiger charge is 2.33. The molecule has 10 heteroatoms. The SMILES string of the molecule is CCn1cnnc1CCNC(=O)[C@H]1CC[C@H](NC(=O)c2cnccn2)[C@@H](O)C1. The second kappa shape index (κ2) is 9.36. The van der Waals surface area contributed by atoms with Crippen molar-refractivity contribution in [3.63, 3.8) is 0 Å². The van der Waals surface area contributed by atoms with Gasteiger partial charge in [0.15, 0.2) is 0 Å². The minimum atomic E-state index is -0.784. The molecule has 2 heterocycles. The maximum Gasteiger partial charge on any atom is 0.271 e. The van der Waals surface area contributed by atoms with Crippen LogP contribution in [0.5, 0.6) is 0 Å². The van der Waals surface area contributed by atoms with Crippen molar-refractivity contribution in [2.75, 3.05) is 6.54 Å². The Morgan fingerprint density at radius 2 is 2.18 bits per heavy atom. The molecule has 3 N–H and O–H groups in total. The van der Waals surface area contributed by atoms with Gasteiger partial charge in [0.2, 0.25) is 5.91 Å². The molecule has 0 aromatic carbocycles. The van der Waals surface area contributed by atoms with E-state index in [1.165, 1.54) is 18.6 Å². The van der Waals surface area contributed by atoms with E-state index in [4.69, 9.17) is 0 Å². The van der Waals surface area contributed by atoms with Gasteiger partial charge in [0, 0.05) is 37.8 Å². The van der Waals surface area contributed by atoms with Gasteiger partial charge in [-0.15, -0.1) is 10.2 Å². The Kier molecular flexibility index (Phi) is 6.64. The highest BCUT2D eigenvalue weighted by molar-refractivity contribution is 5.92. The molecule has 10 nitrogen and oxygen atoms in total. The zero-order valence-electron chi connectivity index (χ0n) is 15.8. The Morgan fingerprint density at radius 3 is 2.89 bits per heavy atom. The van der Waals surface area contributed by atoms with Crippen molar-refractivity contribution in [3.05, 3.63) is 36.4 Å². The lowest BCUT2D eigenvalue weighted by molar-refractivity contribution is -0.127. The lowest BCUT2D eigenvalue weighted by Gasteiger charge is -2.32. The number of aryl methyl sites for hydroxylation is 1. The van der Waals surface area contributed by atoms with Crippen LogP contribution >= 0.6 is 0 Å². The number of aromatic nitrogens is 5. The van der Waals surface area contributed by atoms with Crippen molar-refractivity contribution in [2.24, 2.45) is 5.92 Å². The molecule has 0 spiro atoms. The topological polar surface area (TPSA) is 135 Å². The summed E-state index contributed by atoms with van der Waals surface area (Å²) < 4.78 is 1.93. The Balaban J connectivity index is 1.44. The molecule has 1 saturated carbocycles. The molecular weight excluding hydrogens is 362 g/mol. The summed E-state index contributed by atoms with van der Waals surface area (Å²) in [4.78, 5) is 32.4. The van der Waals surface area contributed by atoms with Gasteiger partial charge in [-0.25, -0.2) is 4.98 Å². The third-order valence-corrected chi connectivity index (χ3v) is 4.98. The summed E-state index contributed by atoms with van der Waals surface area (Å²) in [5, 5.41) is 24.0. The van der Waals surface area contributed by atoms with Gasteiger partial charge in [-0.1, -0.05) is 0 Å². The van der Waals surface area contributed by atoms with E-state index in [0.717, 1.165) is 12.4 Å². The quantitative estimate of drug-likeness (QED) is 0.594. The van der Waals surface area contributed by atoms with E-state index < -0.39 is 12.1 Å². The number of rotatable bonds is 7. The Hall–Kier alpha value is -2.88. The molecule has 0 radical (unpaired) electrons. The van der Waals surface area contributed by atoms with E-state index in [9.17, 15) is 14.7 Å². The summed E-state index contributed by atoms with van der Waals surface area (Å²) in [5.41, 5.74) is 0.203. The van der Waals surface area contributed by atoms with Crippen LogP contribution in [-0.2, 0) is 17.8 Å². The van der Waals surface area contributed by atoms with Crippen molar-refractivity contribution in [3.8, 4) is 0 Å². The van der Waals surface area contributed by atoms with Crippen LogP contribution < -0.4 is 10.6 Å². The lowest BCUT2D eigenvalue weighted by atomic mass is 9.83. The van der Waals surface area contributed by atoms with Crippen LogP contribution in [0.3, 0.4) is 0 Å². The van der Waals surface area contributed by atoms with Crippen LogP contribution in [0.25, 0.3) is 0 Å². The monoisotopic (exact) mass is 387 g/mol. The maximum absolute atomic E-state index is 12.4. The van der Waals surface area contributed by atoms with E-state index >= 15 is 0 Å². The normalized spacial score (nSPS) is 21.9. The molecule has 1 fully saturated rings. The molecule has 0 unspecified atom stereocenters. The first-order valence-electron chi connectivity index (χ1n) is 9.47. The smallest absolute Gasteiger partial charge is 0.271 e. The lowest BCUT2D eigenvalue weighted by Crippen LogP contribution is -2.49. The fraction of sp³-hybridized carbons (Fsp3) is 0.556. The molecule has 28 heavy (non-hydrogen) atoms. The van der Waals surface area contributed by atoms with E-state index in [1.807, 2.05) is 11.5 Å². The molecule has 3 rings (SSSR count). The molecule has 2 aromatic rings.